The van der Waals surface area contributed by atoms with Gasteiger partial charge in [0.25, 0.3) is 5.56 Å². The fourth-order valence-corrected chi connectivity index (χ4v) is 7.19. The molecule has 0 saturated carbocycles. The van der Waals surface area contributed by atoms with Crippen molar-refractivity contribution >= 4 is 49.7 Å². The van der Waals surface area contributed by atoms with Crippen molar-refractivity contribution in [1.29, 1.82) is 0 Å². The molecule has 0 spiro atoms. The predicted molar refractivity (Wildman–Crippen MR) is 143 cm³/mol. The number of ether oxygens (including phenoxy) is 2. The third kappa shape index (κ3) is 5.31. The minimum Gasteiger partial charge on any atom is -0.387 e. The number of aliphatic hydroxyl groups excluding tert-OH is 2. The van der Waals surface area contributed by atoms with Crippen molar-refractivity contribution in [1.82, 2.24) is 39.0 Å². The van der Waals surface area contributed by atoms with Gasteiger partial charge in [0.1, 0.15) is 48.5 Å². The molecular weight excluding hydrogens is 650 g/mol. The van der Waals surface area contributed by atoms with Gasteiger partial charge in [0.15, 0.2) is 35.1 Å². The molecule has 4 aromatic heterocycles. The monoisotopic (exact) mass is 674 g/mol. The number of anilines is 2. The van der Waals surface area contributed by atoms with Gasteiger partial charge >= 0.3 is 15.6 Å². The number of aliphatic hydroxyl groups is 2. The molecule has 3 aliphatic heterocycles. The maximum atomic E-state index is 13.2. The Morgan fingerprint density at radius 1 is 0.822 bits per heavy atom. The Morgan fingerprint density at radius 2 is 1.44 bits per heavy atom. The second kappa shape index (κ2) is 10.8. The summed E-state index contributed by atoms with van der Waals surface area (Å²) in [4.78, 5) is 55.8. The van der Waals surface area contributed by atoms with Crippen LogP contribution in [0.3, 0.4) is 0 Å². The van der Waals surface area contributed by atoms with Crippen molar-refractivity contribution in [3.05, 3.63) is 29.3 Å². The highest BCUT2D eigenvalue weighted by Gasteiger charge is 2.54. The number of nitrogens with zero attached hydrogens (tertiary/aromatic N) is 7. The van der Waals surface area contributed by atoms with Gasteiger partial charge in [-0.3, -0.25) is 37.0 Å². The minimum atomic E-state index is -5.11. The van der Waals surface area contributed by atoms with Gasteiger partial charge in [-0.05, 0) is 0 Å². The van der Waals surface area contributed by atoms with E-state index >= 15 is 0 Å². The largest absolute Gasteiger partial charge is 0.472 e. The molecule has 23 nitrogen and oxygen atoms in total. The van der Waals surface area contributed by atoms with E-state index in [1.807, 2.05) is 0 Å². The second-order valence-electron chi connectivity index (χ2n) is 10.1. The van der Waals surface area contributed by atoms with Gasteiger partial charge in [-0.2, -0.15) is 4.98 Å². The number of aromatic nitrogens is 8. The van der Waals surface area contributed by atoms with Crippen LogP contribution >= 0.6 is 15.6 Å². The van der Waals surface area contributed by atoms with Crippen LogP contribution in [0.15, 0.2) is 23.8 Å². The molecule has 3 saturated heterocycles. The molecule has 0 aromatic carbocycles. The Bertz CT molecular complexity index is 1940. The molecule has 0 amide bonds. The lowest BCUT2D eigenvalue weighted by molar-refractivity contribution is -0.0672. The smallest absolute Gasteiger partial charge is 0.387 e. The summed E-state index contributed by atoms with van der Waals surface area (Å²) in [5, 5.41) is 22.1. The first kappa shape index (κ1) is 30.2. The Labute approximate surface area is 248 Å². The first-order valence-corrected chi connectivity index (χ1v) is 15.9. The zero-order valence-electron chi connectivity index (χ0n) is 22.4. The number of aromatic amines is 1. The molecule has 7 heterocycles. The number of fused-ring (bicyclic) bond motifs is 5. The third-order valence-electron chi connectivity index (χ3n) is 7.32. The van der Waals surface area contributed by atoms with E-state index in [9.17, 15) is 33.9 Å². The number of phosphoric ester groups is 2. The minimum absolute atomic E-state index is 0.0343. The van der Waals surface area contributed by atoms with Crippen LogP contribution in [0.2, 0.25) is 0 Å². The van der Waals surface area contributed by atoms with Gasteiger partial charge in [0.05, 0.1) is 25.9 Å². The van der Waals surface area contributed by atoms with Crippen LogP contribution in [0.25, 0.3) is 22.3 Å². The summed E-state index contributed by atoms with van der Waals surface area (Å²) >= 11 is 0. The molecule has 3 fully saturated rings. The maximum Gasteiger partial charge on any atom is 0.472 e. The number of rotatable bonds is 2. The zero-order valence-corrected chi connectivity index (χ0v) is 24.2. The molecular formula is C20H24N10O13P2. The van der Waals surface area contributed by atoms with Crippen molar-refractivity contribution in [2.24, 2.45) is 0 Å². The molecule has 0 aliphatic carbocycles. The molecule has 45 heavy (non-hydrogen) atoms. The average Bonchev–Trinajstić information content (AvgIpc) is 3.72. The number of H-pyrrole nitrogens is 1. The topological polar surface area (TPSA) is 330 Å². The van der Waals surface area contributed by atoms with Crippen molar-refractivity contribution < 1.29 is 56.7 Å². The molecule has 9 N–H and O–H groups in total. The van der Waals surface area contributed by atoms with E-state index in [4.69, 9.17) is 39.0 Å². The summed E-state index contributed by atoms with van der Waals surface area (Å²) in [7, 11) is -10.2. The summed E-state index contributed by atoms with van der Waals surface area (Å²) in [6, 6.07) is 0. The summed E-state index contributed by atoms with van der Waals surface area (Å²) in [6.45, 7) is -1.65. The number of phosphoric acid groups is 2. The Hall–Kier alpha value is -3.44. The van der Waals surface area contributed by atoms with E-state index in [-0.39, 0.29) is 34.1 Å². The normalized spacial score (nSPS) is 37.7. The van der Waals surface area contributed by atoms with Gasteiger partial charge in [-0.15, -0.1) is 0 Å². The highest BCUT2D eigenvalue weighted by atomic mass is 31.2. The van der Waals surface area contributed by atoms with Crippen LogP contribution in [-0.2, 0) is 36.7 Å². The fraction of sp³-hybridized carbons (Fsp3) is 0.500. The summed E-state index contributed by atoms with van der Waals surface area (Å²) < 4.78 is 61.0. The summed E-state index contributed by atoms with van der Waals surface area (Å²) in [5.41, 5.74) is 10.8. The SMILES string of the molecule is Nc1nc2c(ncn2[C@@H]2O[C@@H]3COP(=O)(O)OC4C(O)[C@H](n5cnc6c(N)ncnc65)O[C@@H]4COP(=O)(O)OC2C3O)c(=O)[nH]1. The summed E-state index contributed by atoms with van der Waals surface area (Å²) in [5.74, 6) is -0.250. The van der Waals surface area contributed by atoms with E-state index in [0.717, 1.165) is 17.2 Å². The van der Waals surface area contributed by atoms with Crippen LogP contribution in [0.5, 0.6) is 0 Å². The Balaban J connectivity index is 1.21. The highest BCUT2D eigenvalue weighted by Crippen LogP contribution is 2.53. The van der Waals surface area contributed by atoms with Crippen molar-refractivity contribution in [3.8, 4) is 0 Å². The molecule has 0 radical (unpaired) electrons. The number of hydrogen-bond acceptors (Lipinski definition) is 18. The Morgan fingerprint density at radius 3 is 2.18 bits per heavy atom. The van der Waals surface area contributed by atoms with Gasteiger partial charge < -0.3 is 40.9 Å². The Kier molecular flexibility index (Phi) is 7.27. The number of imidazole rings is 2. The average molecular weight is 674 g/mol. The van der Waals surface area contributed by atoms with E-state index in [1.54, 1.807) is 0 Å². The standard InChI is InChI=1S/C20H24N10O13P2/c21-14-8-15(24-3-23-14)29(4-25-8)18-11(32)12-7(41-18)2-39-45(36,37)43-13-10(31)6(1-38-44(34,35)42-12)40-19(13)30-5-26-9-16(30)27-20(22)28-17(9)33/h3-7,10-13,18-19,31-32H,1-2H2,(H,34,35)(H,36,37)(H2,21,23,24)(H3,22,27,28,33)/t6-,7-,10?,11?,12?,13?,18-,19-/m1/s1. The van der Waals surface area contributed by atoms with Crippen molar-refractivity contribution in [3.63, 3.8) is 0 Å². The number of nitrogen functional groups attached to an aromatic ring is 2. The summed E-state index contributed by atoms with van der Waals surface area (Å²) in [6.07, 6.45) is -9.21. The predicted octanol–water partition coefficient (Wildman–Crippen LogP) is -2.34. The van der Waals surface area contributed by atoms with Gasteiger partial charge in [0, 0.05) is 0 Å². The molecule has 3 aliphatic rings. The molecule has 7 rings (SSSR count). The molecule has 2 bridgehead atoms. The van der Waals surface area contributed by atoms with E-state index in [1.165, 1.54) is 10.9 Å². The molecule has 6 unspecified atom stereocenters. The number of hydrogen-bond donors (Lipinski definition) is 7. The highest BCUT2D eigenvalue weighted by molar-refractivity contribution is 7.47. The van der Waals surface area contributed by atoms with Crippen LogP contribution in [-0.4, -0.2) is 109 Å². The van der Waals surface area contributed by atoms with Crippen molar-refractivity contribution in [2.75, 3.05) is 24.7 Å². The first-order chi connectivity index (χ1) is 21.3. The van der Waals surface area contributed by atoms with Crippen molar-refractivity contribution in [2.45, 2.75) is 49.1 Å². The van der Waals surface area contributed by atoms with Crippen LogP contribution in [0.1, 0.15) is 12.5 Å². The number of nitrogens with two attached hydrogens (primary N) is 2. The lowest BCUT2D eigenvalue weighted by atomic mass is 10.1. The van der Waals surface area contributed by atoms with E-state index in [0.29, 0.717) is 0 Å². The lowest BCUT2D eigenvalue weighted by Crippen LogP contribution is -2.36. The molecule has 10 atom stereocenters. The maximum absolute atomic E-state index is 13.2. The molecule has 242 valence electrons. The van der Waals surface area contributed by atoms with Gasteiger partial charge in [-0.25, -0.2) is 29.1 Å². The van der Waals surface area contributed by atoms with E-state index in [2.05, 4.69) is 29.9 Å². The lowest BCUT2D eigenvalue weighted by Gasteiger charge is -2.25. The fourth-order valence-electron chi connectivity index (χ4n) is 5.30. The third-order valence-corrected chi connectivity index (χ3v) is 9.29. The van der Waals surface area contributed by atoms with Crippen LogP contribution < -0.4 is 17.0 Å². The second-order valence-corrected chi connectivity index (χ2v) is 13.0. The van der Waals surface area contributed by atoms with Crippen LogP contribution in [0.4, 0.5) is 11.8 Å². The van der Waals surface area contributed by atoms with E-state index < -0.39 is 83.5 Å². The molecule has 25 heteroatoms. The van der Waals surface area contributed by atoms with Crippen LogP contribution in [0, 0.1) is 0 Å². The quantitative estimate of drug-likeness (QED) is 0.109. The van der Waals surface area contributed by atoms with Gasteiger partial charge in [-0.1, -0.05) is 0 Å². The zero-order chi connectivity index (χ0) is 31.8. The first-order valence-electron chi connectivity index (χ1n) is 13.0. The molecule has 4 aromatic rings. The van der Waals surface area contributed by atoms with Gasteiger partial charge in [0.2, 0.25) is 5.95 Å². The number of nitrogens with one attached hydrogen (secondary N) is 1.